The molecular weight excluding hydrogens is 256 g/mol. The highest BCUT2D eigenvalue weighted by Crippen LogP contribution is 2.44. The first-order valence-corrected chi connectivity index (χ1v) is 6.77. The van der Waals surface area contributed by atoms with Gasteiger partial charge in [0.25, 0.3) is 5.91 Å². The van der Waals surface area contributed by atoms with Crippen molar-refractivity contribution in [2.75, 3.05) is 19.7 Å². The zero-order chi connectivity index (χ0) is 14.6. The minimum Gasteiger partial charge on any atom is -0.396 e. The topological polar surface area (TPSA) is 78.4 Å². The minimum absolute atomic E-state index is 0.0474. The molecule has 1 aromatic carbocycles. The predicted molar refractivity (Wildman–Crippen MR) is 75.3 cm³/mol. The molecule has 5 heteroatoms. The first kappa shape index (κ1) is 14.5. The maximum Gasteiger partial charge on any atom is 0.251 e. The molecule has 0 saturated heterocycles. The van der Waals surface area contributed by atoms with Crippen molar-refractivity contribution < 1.29 is 14.7 Å². The lowest BCUT2D eigenvalue weighted by molar-refractivity contribution is -0.120. The quantitative estimate of drug-likeness (QED) is 0.712. The van der Waals surface area contributed by atoms with Crippen LogP contribution in [0.2, 0.25) is 0 Å². The summed E-state index contributed by atoms with van der Waals surface area (Å²) < 4.78 is 0. The van der Waals surface area contributed by atoms with Gasteiger partial charge < -0.3 is 15.7 Å². The van der Waals surface area contributed by atoms with Crippen LogP contribution in [0.1, 0.15) is 28.8 Å². The molecule has 20 heavy (non-hydrogen) atoms. The van der Waals surface area contributed by atoms with Crippen LogP contribution in [0.15, 0.2) is 24.3 Å². The third-order valence-corrected chi connectivity index (χ3v) is 3.68. The Balaban J connectivity index is 1.73. The van der Waals surface area contributed by atoms with E-state index in [-0.39, 0.29) is 30.4 Å². The number of hydrogen-bond donors (Lipinski definition) is 3. The fraction of sp³-hybridized carbons (Fsp3) is 0.467. The van der Waals surface area contributed by atoms with Gasteiger partial charge in [-0.2, -0.15) is 0 Å². The van der Waals surface area contributed by atoms with Gasteiger partial charge in [-0.25, -0.2) is 0 Å². The molecule has 0 unspecified atom stereocenters. The second-order valence-corrected chi connectivity index (χ2v) is 5.48. The van der Waals surface area contributed by atoms with Crippen molar-refractivity contribution in [2.24, 2.45) is 5.41 Å². The lowest BCUT2D eigenvalue weighted by Gasteiger charge is -2.13. The highest BCUT2D eigenvalue weighted by Gasteiger charge is 2.41. The lowest BCUT2D eigenvalue weighted by atomic mass is 10.1. The number of nitrogens with one attached hydrogen (secondary N) is 2. The first-order valence-electron chi connectivity index (χ1n) is 6.77. The van der Waals surface area contributed by atoms with Crippen molar-refractivity contribution in [3.05, 3.63) is 35.4 Å². The minimum atomic E-state index is -0.261. The van der Waals surface area contributed by atoms with Crippen LogP contribution in [0, 0.1) is 12.3 Å². The number of aliphatic hydroxyl groups is 1. The smallest absolute Gasteiger partial charge is 0.251 e. The van der Waals surface area contributed by atoms with Gasteiger partial charge in [0.05, 0.1) is 13.2 Å². The Labute approximate surface area is 118 Å². The zero-order valence-corrected chi connectivity index (χ0v) is 11.6. The van der Waals surface area contributed by atoms with Crippen LogP contribution in [0.25, 0.3) is 0 Å². The number of amides is 2. The van der Waals surface area contributed by atoms with Crippen LogP contribution in [0.3, 0.4) is 0 Å². The fourth-order valence-electron chi connectivity index (χ4n) is 1.88. The molecule has 1 aliphatic rings. The average molecular weight is 276 g/mol. The van der Waals surface area contributed by atoms with Crippen LogP contribution < -0.4 is 10.6 Å². The summed E-state index contributed by atoms with van der Waals surface area (Å²) >= 11 is 0. The summed E-state index contributed by atoms with van der Waals surface area (Å²) in [5.41, 5.74) is 1.51. The van der Waals surface area contributed by atoms with Crippen molar-refractivity contribution in [1.82, 2.24) is 10.6 Å². The van der Waals surface area contributed by atoms with E-state index in [9.17, 15) is 9.59 Å². The second-order valence-electron chi connectivity index (χ2n) is 5.48. The van der Waals surface area contributed by atoms with Gasteiger partial charge in [0, 0.05) is 17.5 Å². The highest BCUT2D eigenvalue weighted by molar-refractivity contribution is 5.96. The van der Waals surface area contributed by atoms with Crippen molar-refractivity contribution in [3.8, 4) is 0 Å². The van der Waals surface area contributed by atoms with Crippen molar-refractivity contribution in [3.63, 3.8) is 0 Å². The first-order chi connectivity index (χ1) is 9.54. The van der Waals surface area contributed by atoms with Gasteiger partial charge in [0.15, 0.2) is 0 Å². The molecule has 1 aliphatic carbocycles. The maximum absolute atomic E-state index is 11.8. The van der Waals surface area contributed by atoms with Crippen molar-refractivity contribution in [1.29, 1.82) is 0 Å². The number of aliphatic hydroxyl groups excluding tert-OH is 1. The predicted octanol–water partition coefficient (Wildman–Crippen LogP) is 0.614. The average Bonchev–Trinajstić information content (AvgIpc) is 3.24. The fourth-order valence-corrected chi connectivity index (χ4v) is 1.88. The van der Waals surface area contributed by atoms with Crippen LogP contribution in [0.4, 0.5) is 0 Å². The van der Waals surface area contributed by atoms with Crippen LogP contribution in [-0.2, 0) is 4.79 Å². The Hall–Kier alpha value is -1.88. The summed E-state index contributed by atoms with van der Waals surface area (Å²) in [5, 5.41) is 14.5. The SMILES string of the molecule is Cc1ccc(C(=O)NCC(=O)NCC2(CO)CC2)cc1. The monoisotopic (exact) mass is 276 g/mol. The van der Waals surface area contributed by atoms with Gasteiger partial charge in [0.1, 0.15) is 0 Å². The number of benzene rings is 1. The molecule has 2 amide bonds. The molecule has 0 aromatic heterocycles. The molecule has 1 aromatic rings. The van der Waals surface area contributed by atoms with Gasteiger partial charge in [-0.3, -0.25) is 9.59 Å². The zero-order valence-electron chi connectivity index (χ0n) is 11.6. The van der Waals surface area contributed by atoms with Gasteiger partial charge in [0.2, 0.25) is 5.91 Å². The van der Waals surface area contributed by atoms with Crippen molar-refractivity contribution >= 4 is 11.8 Å². The molecule has 0 spiro atoms. The van der Waals surface area contributed by atoms with E-state index < -0.39 is 0 Å². The molecule has 3 N–H and O–H groups in total. The molecule has 1 saturated carbocycles. The van der Waals surface area contributed by atoms with Crippen molar-refractivity contribution in [2.45, 2.75) is 19.8 Å². The molecule has 0 atom stereocenters. The molecule has 5 nitrogen and oxygen atoms in total. The van der Waals surface area contributed by atoms with Gasteiger partial charge in [-0.1, -0.05) is 17.7 Å². The standard InChI is InChI=1S/C15H20N2O3/c1-11-2-4-12(5-3-11)14(20)16-8-13(19)17-9-15(10-18)6-7-15/h2-5,18H,6-10H2,1H3,(H,16,20)(H,17,19). The molecular formula is C15H20N2O3. The summed E-state index contributed by atoms with van der Waals surface area (Å²) in [5.74, 6) is -0.492. The van der Waals surface area contributed by atoms with Gasteiger partial charge in [-0.15, -0.1) is 0 Å². The summed E-state index contributed by atoms with van der Waals surface area (Å²) in [4.78, 5) is 23.4. The highest BCUT2D eigenvalue weighted by atomic mass is 16.3. The molecule has 108 valence electrons. The van der Waals surface area contributed by atoms with Crippen LogP contribution in [-0.4, -0.2) is 36.6 Å². The molecule has 0 heterocycles. The summed E-state index contributed by atoms with van der Waals surface area (Å²) in [7, 11) is 0. The molecule has 0 radical (unpaired) electrons. The Morgan fingerprint density at radius 2 is 1.85 bits per heavy atom. The van der Waals surface area contributed by atoms with E-state index in [1.165, 1.54) is 0 Å². The Morgan fingerprint density at radius 3 is 2.40 bits per heavy atom. The van der Waals surface area contributed by atoms with Crippen LogP contribution >= 0.6 is 0 Å². The lowest BCUT2D eigenvalue weighted by Crippen LogP contribution is -2.39. The van der Waals surface area contributed by atoms with E-state index in [1.807, 2.05) is 19.1 Å². The second kappa shape index (κ2) is 6.05. The van der Waals surface area contributed by atoms with Crippen LogP contribution in [0.5, 0.6) is 0 Å². The molecule has 0 aliphatic heterocycles. The largest absolute Gasteiger partial charge is 0.396 e. The number of carbonyl (C=O) groups excluding carboxylic acids is 2. The molecule has 1 fully saturated rings. The van der Waals surface area contributed by atoms with E-state index in [1.54, 1.807) is 12.1 Å². The Kier molecular flexibility index (Phi) is 4.39. The number of aryl methyl sites for hydroxylation is 1. The number of carbonyl (C=O) groups is 2. The Morgan fingerprint density at radius 1 is 1.20 bits per heavy atom. The molecule has 2 rings (SSSR count). The third kappa shape index (κ3) is 3.81. The van der Waals surface area contributed by atoms with E-state index in [2.05, 4.69) is 10.6 Å². The third-order valence-electron chi connectivity index (χ3n) is 3.68. The summed E-state index contributed by atoms with van der Waals surface area (Å²) in [6.45, 7) is 2.48. The van der Waals surface area contributed by atoms with Gasteiger partial charge in [-0.05, 0) is 31.9 Å². The summed E-state index contributed by atoms with van der Waals surface area (Å²) in [6, 6.07) is 7.17. The van der Waals surface area contributed by atoms with E-state index in [0.29, 0.717) is 12.1 Å². The van der Waals surface area contributed by atoms with E-state index in [4.69, 9.17) is 5.11 Å². The normalized spacial score (nSPS) is 15.5. The maximum atomic E-state index is 11.8. The summed E-state index contributed by atoms with van der Waals surface area (Å²) in [6.07, 6.45) is 1.89. The Bertz CT molecular complexity index is 492. The van der Waals surface area contributed by atoms with E-state index >= 15 is 0 Å². The van der Waals surface area contributed by atoms with Gasteiger partial charge >= 0.3 is 0 Å². The van der Waals surface area contributed by atoms with E-state index in [0.717, 1.165) is 18.4 Å². The number of rotatable bonds is 6. The number of hydrogen-bond acceptors (Lipinski definition) is 3. The molecule has 0 bridgehead atoms.